The summed E-state index contributed by atoms with van der Waals surface area (Å²) in [6.07, 6.45) is 8.58. The fourth-order valence-corrected chi connectivity index (χ4v) is 2.87. The molecule has 26 heavy (non-hydrogen) atoms. The van der Waals surface area contributed by atoms with Gasteiger partial charge in [0.15, 0.2) is 11.5 Å². The molecular weight excluding hydrogens is 337 g/mol. The number of aromatic amines is 2. The van der Waals surface area contributed by atoms with Crippen LogP contribution in [-0.2, 0) is 0 Å². The van der Waals surface area contributed by atoms with Crippen molar-refractivity contribution in [3.63, 3.8) is 0 Å². The lowest BCUT2D eigenvalue weighted by molar-refractivity contribution is 0.520. The first kappa shape index (κ1) is 16.4. The molecule has 9 heteroatoms. The summed E-state index contributed by atoms with van der Waals surface area (Å²) in [5, 5.41) is 3.28. The van der Waals surface area contributed by atoms with Crippen LogP contribution < -0.4 is 11.0 Å². The minimum Gasteiger partial charge on any atom is -0.317 e. The number of pyridine rings is 1. The monoisotopic (exact) mass is 355 g/mol. The SMILES string of the molecule is C1CCNCC1.O=c1[nH]c2cnc(-c3cnc4ccc(F)cn34)nc2[nH]1. The average molecular weight is 355 g/mol. The van der Waals surface area contributed by atoms with Crippen LogP contribution >= 0.6 is 0 Å². The Morgan fingerprint density at radius 3 is 2.62 bits per heavy atom. The highest BCUT2D eigenvalue weighted by atomic mass is 19.1. The molecule has 0 bridgehead atoms. The van der Waals surface area contributed by atoms with Crippen molar-refractivity contribution < 1.29 is 4.39 Å². The number of hydrogen-bond donors (Lipinski definition) is 3. The quantitative estimate of drug-likeness (QED) is 0.483. The molecule has 0 aliphatic carbocycles. The van der Waals surface area contributed by atoms with Gasteiger partial charge in [-0.05, 0) is 38.1 Å². The van der Waals surface area contributed by atoms with Gasteiger partial charge >= 0.3 is 5.69 Å². The maximum Gasteiger partial charge on any atom is 0.325 e. The third kappa shape index (κ3) is 3.33. The fourth-order valence-electron chi connectivity index (χ4n) is 2.87. The molecule has 0 amide bonds. The Bertz CT molecular complexity index is 1080. The summed E-state index contributed by atoms with van der Waals surface area (Å²) in [6, 6.07) is 2.90. The van der Waals surface area contributed by atoms with Crippen molar-refractivity contribution in [2.24, 2.45) is 0 Å². The number of halogens is 1. The second-order valence-corrected chi connectivity index (χ2v) is 6.06. The molecule has 1 aliphatic heterocycles. The zero-order valence-corrected chi connectivity index (χ0v) is 14.0. The predicted octanol–water partition coefficient (Wildman–Crippen LogP) is 1.86. The van der Waals surface area contributed by atoms with Gasteiger partial charge in [0.1, 0.15) is 22.7 Å². The standard InChI is InChI=1S/C12H7FN6O.C5H11N/c13-6-1-2-9-14-4-8(19(9)5-6)11-15-3-7-10(17-11)18-12(20)16-7;1-2-4-6-5-3-1/h1-5H,(H2,15,16,17,18,20);6H,1-5H2. The fraction of sp³-hybridized carbons (Fsp3) is 0.294. The van der Waals surface area contributed by atoms with Crippen molar-refractivity contribution in [2.75, 3.05) is 13.1 Å². The number of fused-ring (bicyclic) bond motifs is 2. The van der Waals surface area contributed by atoms with E-state index in [1.165, 1.54) is 50.8 Å². The summed E-state index contributed by atoms with van der Waals surface area (Å²) in [6.45, 7) is 2.50. The van der Waals surface area contributed by atoms with Crippen LogP contribution in [0.3, 0.4) is 0 Å². The molecule has 4 aromatic heterocycles. The van der Waals surface area contributed by atoms with E-state index in [1.54, 1.807) is 16.7 Å². The topological polar surface area (TPSA) is 104 Å². The second-order valence-electron chi connectivity index (χ2n) is 6.06. The van der Waals surface area contributed by atoms with Crippen LogP contribution in [0.25, 0.3) is 28.3 Å². The van der Waals surface area contributed by atoms with E-state index >= 15 is 0 Å². The highest BCUT2D eigenvalue weighted by Gasteiger charge is 2.11. The summed E-state index contributed by atoms with van der Waals surface area (Å²) in [7, 11) is 0. The largest absolute Gasteiger partial charge is 0.325 e. The maximum absolute atomic E-state index is 13.3. The van der Waals surface area contributed by atoms with Gasteiger partial charge in [0.25, 0.3) is 0 Å². The first-order valence-electron chi connectivity index (χ1n) is 8.49. The predicted molar refractivity (Wildman–Crippen MR) is 95.4 cm³/mol. The number of aromatic nitrogens is 6. The minimum atomic E-state index is -0.382. The van der Waals surface area contributed by atoms with Crippen molar-refractivity contribution in [2.45, 2.75) is 19.3 Å². The van der Waals surface area contributed by atoms with Gasteiger partial charge in [0.05, 0.1) is 12.4 Å². The number of imidazole rings is 2. The van der Waals surface area contributed by atoms with E-state index in [0.29, 0.717) is 28.3 Å². The lowest BCUT2D eigenvalue weighted by atomic mass is 10.2. The highest BCUT2D eigenvalue weighted by molar-refractivity contribution is 5.71. The van der Waals surface area contributed by atoms with E-state index in [4.69, 9.17) is 0 Å². The lowest BCUT2D eigenvalue weighted by Gasteiger charge is -2.08. The molecule has 1 saturated heterocycles. The van der Waals surface area contributed by atoms with Crippen LogP contribution in [0.1, 0.15) is 19.3 Å². The summed E-state index contributed by atoms with van der Waals surface area (Å²) in [5.41, 5.74) is 1.69. The molecule has 5 rings (SSSR count). The van der Waals surface area contributed by atoms with E-state index in [9.17, 15) is 9.18 Å². The normalized spacial score (nSPS) is 14.3. The molecule has 0 aromatic carbocycles. The van der Waals surface area contributed by atoms with Gasteiger partial charge in [0.2, 0.25) is 0 Å². The van der Waals surface area contributed by atoms with Crippen molar-refractivity contribution in [3.05, 3.63) is 47.0 Å². The Labute approximate surface area is 147 Å². The van der Waals surface area contributed by atoms with Crippen LogP contribution in [0.15, 0.2) is 35.5 Å². The van der Waals surface area contributed by atoms with Gasteiger partial charge in [-0.3, -0.25) is 9.38 Å². The number of piperidine rings is 1. The lowest BCUT2D eigenvalue weighted by Crippen LogP contribution is -2.21. The molecular formula is C17H18FN7O. The highest BCUT2D eigenvalue weighted by Crippen LogP contribution is 2.18. The zero-order chi connectivity index (χ0) is 17.9. The van der Waals surface area contributed by atoms with E-state index in [2.05, 4.69) is 30.2 Å². The molecule has 3 N–H and O–H groups in total. The molecule has 134 valence electrons. The van der Waals surface area contributed by atoms with Crippen LogP contribution in [0, 0.1) is 5.82 Å². The summed E-state index contributed by atoms with van der Waals surface area (Å²) < 4.78 is 14.9. The van der Waals surface area contributed by atoms with Gasteiger partial charge in [-0.2, -0.15) is 0 Å². The number of H-pyrrole nitrogens is 2. The number of nitrogens with one attached hydrogen (secondary N) is 3. The van der Waals surface area contributed by atoms with E-state index in [0.717, 1.165) is 0 Å². The van der Waals surface area contributed by atoms with Gasteiger partial charge in [-0.25, -0.2) is 24.1 Å². The van der Waals surface area contributed by atoms with Gasteiger partial charge in [0, 0.05) is 6.20 Å². The molecule has 0 unspecified atom stereocenters. The number of hydrogen-bond acceptors (Lipinski definition) is 5. The van der Waals surface area contributed by atoms with Crippen molar-refractivity contribution in [1.82, 2.24) is 34.6 Å². The Hall–Kier alpha value is -3.07. The van der Waals surface area contributed by atoms with E-state index < -0.39 is 0 Å². The van der Waals surface area contributed by atoms with Gasteiger partial charge in [-0.1, -0.05) is 6.42 Å². The van der Waals surface area contributed by atoms with Crippen LogP contribution in [0.5, 0.6) is 0 Å². The molecule has 5 heterocycles. The Morgan fingerprint density at radius 2 is 1.88 bits per heavy atom. The van der Waals surface area contributed by atoms with Crippen molar-refractivity contribution in [3.8, 4) is 11.5 Å². The smallest absolute Gasteiger partial charge is 0.317 e. The summed E-state index contributed by atoms with van der Waals surface area (Å²) >= 11 is 0. The second kappa shape index (κ2) is 7.04. The summed E-state index contributed by atoms with van der Waals surface area (Å²) in [5.74, 6) is -0.0290. The van der Waals surface area contributed by atoms with Gasteiger partial charge < -0.3 is 10.3 Å². The molecule has 0 atom stereocenters. The minimum absolute atomic E-state index is 0.351. The molecule has 0 saturated carbocycles. The molecule has 8 nitrogen and oxygen atoms in total. The zero-order valence-electron chi connectivity index (χ0n) is 14.0. The Morgan fingerprint density at radius 1 is 1.04 bits per heavy atom. The van der Waals surface area contributed by atoms with E-state index in [-0.39, 0.29) is 11.5 Å². The van der Waals surface area contributed by atoms with Crippen molar-refractivity contribution in [1.29, 1.82) is 0 Å². The summed E-state index contributed by atoms with van der Waals surface area (Å²) in [4.78, 5) is 28.9. The van der Waals surface area contributed by atoms with Crippen molar-refractivity contribution >= 4 is 16.8 Å². The number of rotatable bonds is 1. The van der Waals surface area contributed by atoms with E-state index in [1.807, 2.05) is 0 Å². The molecule has 4 aromatic rings. The molecule has 1 aliphatic rings. The average Bonchev–Trinajstić information content (AvgIpc) is 3.25. The molecule has 0 radical (unpaired) electrons. The van der Waals surface area contributed by atoms with Crippen LogP contribution in [0.4, 0.5) is 4.39 Å². The molecule has 1 fully saturated rings. The number of nitrogens with zero attached hydrogens (tertiary/aromatic N) is 4. The first-order chi connectivity index (χ1) is 12.7. The maximum atomic E-state index is 13.3. The van der Waals surface area contributed by atoms with Gasteiger partial charge in [-0.15, -0.1) is 0 Å². The Balaban J connectivity index is 0.000000240. The third-order valence-corrected chi connectivity index (χ3v) is 4.17. The van der Waals surface area contributed by atoms with Crippen LogP contribution in [0.2, 0.25) is 0 Å². The third-order valence-electron chi connectivity index (χ3n) is 4.17. The molecule has 0 spiro atoms. The van der Waals surface area contributed by atoms with Crippen LogP contribution in [-0.4, -0.2) is 42.4 Å². The first-order valence-corrected chi connectivity index (χ1v) is 8.49. The Kier molecular flexibility index (Phi) is 4.44.